The minimum Gasteiger partial charge on any atom is -0.481 e. The van der Waals surface area contributed by atoms with Gasteiger partial charge in [-0.25, -0.2) is 9.78 Å². The van der Waals surface area contributed by atoms with Crippen molar-refractivity contribution in [1.29, 1.82) is 0 Å². The Morgan fingerprint density at radius 1 is 0.639 bits per heavy atom. The Labute approximate surface area is 483 Å². The fraction of sp³-hybridized carbons (Fsp3) is 0.544. The normalized spacial score (nSPS) is 16.0. The third-order valence-corrected chi connectivity index (χ3v) is 13.7. The minimum atomic E-state index is -1.61. The Bertz CT molecular complexity index is 2670. The van der Waals surface area contributed by atoms with E-state index in [4.69, 9.17) is 22.3 Å². The van der Waals surface area contributed by atoms with Crippen LogP contribution in [0.3, 0.4) is 0 Å². The summed E-state index contributed by atoms with van der Waals surface area (Å²) in [5, 5.41) is 37.8. The van der Waals surface area contributed by atoms with E-state index in [2.05, 4.69) is 52.2 Å². The van der Waals surface area contributed by atoms with Gasteiger partial charge in [0.15, 0.2) is 5.96 Å². The van der Waals surface area contributed by atoms with Crippen molar-refractivity contribution in [3.05, 3.63) is 90.0 Å². The van der Waals surface area contributed by atoms with Gasteiger partial charge in [0.1, 0.15) is 48.3 Å². The summed E-state index contributed by atoms with van der Waals surface area (Å²) in [6.45, 7) is 10.9. The van der Waals surface area contributed by atoms with Gasteiger partial charge in [0.05, 0.1) is 12.4 Å². The number of H-pyrrole nitrogens is 1. The predicted octanol–water partition coefficient (Wildman–Crippen LogP) is -0.0993. The summed E-state index contributed by atoms with van der Waals surface area (Å²) in [6.07, 6.45) is 3.20. The van der Waals surface area contributed by atoms with E-state index in [-0.39, 0.29) is 75.8 Å². The van der Waals surface area contributed by atoms with Gasteiger partial charge >= 0.3 is 11.9 Å². The zero-order valence-electron chi connectivity index (χ0n) is 48.1. The molecule has 1 aliphatic rings. The summed E-state index contributed by atoms with van der Waals surface area (Å²) >= 11 is 0. The number of nitrogens with two attached hydrogens (primary N) is 3. The van der Waals surface area contributed by atoms with Crippen LogP contribution in [0.15, 0.2) is 78.2 Å². The maximum absolute atomic E-state index is 14.7. The van der Waals surface area contributed by atoms with Crippen molar-refractivity contribution >= 4 is 65.2 Å². The number of amides is 8. The quantitative estimate of drug-likeness (QED) is 0.0211. The van der Waals surface area contributed by atoms with Gasteiger partial charge in [0.25, 0.3) is 0 Å². The lowest BCUT2D eigenvalue weighted by Crippen LogP contribution is -2.61. The van der Waals surface area contributed by atoms with Gasteiger partial charge in [0, 0.05) is 50.7 Å². The lowest BCUT2D eigenvalue weighted by atomic mass is 9.98. The van der Waals surface area contributed by atoms with Crippen LogP contribution in [0.1, 0.15) is 110 Å². The van der Waals surface area contributed by atoms with E-state index >= 15 is 0 Å². The van der Waals surface area contributed by atoms with E-state index in [0.29, 0.717) is 29.7 Å². The number of nitrogens with one attached hydrogen (secondary N) is 8. The fourth-order valence-electron chi connectivity index (χ4n) is 9.47. The van der Waals surface area contributed by atoms with Gasteiger partial charge in [-0.3, -0.25) is 48.1 Å². The molecule has 0 aliphatic carbocycles. The van der Waals surface area contributed by atoms with Crippen LogP contribution in [0.4, 0.5) is 0 Å². The number of benzene rings is 2. The van der Waals surface area contributed by atoms with Crippen LogP contribution < -0.4 is 54.4 Å². The van der Waals surface area contributed by atoms with E-state index in [1.807, 2.05) is 27.7 Å². The van der Waals surface area contributed by atoms with Crippen LogP contribution >= 0.6 is 0 Å². The molecule has 1 aliphatic heterocycles. The molecule has 1 saturated heterocycles. The second-order valence-corrected chi connectivity index (χ2v) is 22.0. The smallest absolute Gasteiger partial charge is 0.326 e. The molecular weight excluding hydrogens is 1070 g/mol. The molecule has 8 amide bonds. The average molecular weight is 1160 g/mol. The molecule has 1 aromatic heterocycles. The summed E-state index contributed by atoms with van der Waals surface area (Å²) in [5.41, 5.74) is 19.2. The highest BCUT2D eigenvalue weighted by Gasteiger charge is 2.40. The maximum atomic E-state index is 14.7. The van der Waals surface area contributed by atoms with E-state index in [1.54, 1.807) is 80.7 Å². The highest BCUT2D eigenvalue weighted by Crippen LogP contribution is 2.20. The molecule has 16 N–H and O–H groups in total. The number of aliphatic imine (C=N–C) groups is 1. The molecule has 0 radical (unpaired) electrons. The summed E-state index contributed by atoms with van der Waals surface area (Å²) in [7, 11) is 0. The Balaban J connectivity index is 1.58. The van der Waals surface area contributed by atoms with E-state index in [0.717, 1.165) is 0 Å². The molecular formula is C57H84N14O12. The minimum absolute atomic E-state index is 0.0199. The highest BCUT2D eigenvalue weighted by atomic mass is 16.4. The molecule has 2 heterocycles. The summed E-state index contributed by atoms with van der Waals surface area (Å²) in [4.78, 5) is 149. The molecule has 0 spiro atoms. The molecule has 4 rings (SSSR count). The number of likely N-dealkylation sites (tertiary alicyclic amines) is 1. The number of carboxylic acids is 2. The summed E-state index contributed by atoms with van der Waals surface area (Å²) < 4.78 is 0. The summed E-state index contributed by atoms with van der Waals surface area (Å²) in [6, 6.07) is 6.41. The van der Waals surface area contributed by atoms with E-state index in [9.17, 15) is 53.1 Å². The molecule has 2 aromatic carbocycles. The first-order valence-electron chi connectivity index (χ1n) is 28.1. The Morgan fingerprint density at radius 2 is 1.13 bits per heavy atom. The number of nitrogens with zero attached hydrogens (tertiary/aromatic N) is 3. The van der Waals surface area contributed by atoms with Crippen molar-refractivity contribution in [3.8, 4) is 0 Å². The SMILES string of the molecule is CC(C)C[C@H](NC(=O)[C@H](Cc1ccccc1)NC(=O)[C@@H]1CCCN1C(=O)[C@@H](N)Cc1cnc[nH]1)C(=O)N[C@@H](Cc1ccccc1)C(=O)N[C@@H](CC(C)C)C(=O)N[C@H](C(=O)N[C@@H](CCCN=C(N)N)C(=O)N[C@@H](CCC(=O)O)C(=O)O)C(C)C. The number of carbonyl (C=O) groups is 10. The fourth-order valence-corrected chi connectivity index (χ4v) is 9.47. The number of rotatable bonds is 34. The lowest BCUT2D eigenvalue weighted by Gasteiger charge is -2.30. The van der Waals surface area contributed by atoms with Gasteiger partial charge in [-0.1, -0.05) is 102 Å². The van der Waals surface area contributed by atoms with Crippen LogP contribution in [-0.4, -0.2) is 158 Å². The number of aromatic nitrogens is 2. The third-order valence-electron chi connectivity index (χ3n) is 13.7. The first-order chi connectivity index (χ1) is 39.3. The van der Waals surface area contributed by atoms with Gasteiger partial charge < -0.3 is 74.5 Å². The highest BCUT2D eigenvalue weighted by molar-refractivity contribution is 5.98. The molecule has 0 bridgehead atoms. The number of imidazole rings is 1. The largest absolute Gasteiger partial charge is 0.481 e. The Hall–Kier alpha value is -8.42. The van der Waals surface area contributed by atoms with Crippen LogP contribution in [0.25, 0.3) is 0 Å². The van der Waals surface area contributed by atoms with Crippen LogP contribution in [0, 0.1) is 17.8 Å². The van der Waals surface area contributed by atoms with Crippen molar-refractivity contribution in [2.24, 2.45) is 39.9 Å². The molecule has 454 valence electrons. The number of guanidine groups is 1. The molecule has 1 fully saturated rings. The molecule has 83 heavy (non-hydrogen) atoms. The molecule has 9 atom stereocenters. The standard InChI is InChI=1S/C57H84N14O12/c1-32(2)25-41(66-51(77)44(28-36-17-11-8-12-18-36)69-53(79)45-20-14-24-71(45)55(81)38(58)29-37-30-61-31-63-37)49(75)68-43(27-35-15-9-7-10-16-35)50(76)67-42(26-33(3)4)52(78)70-47(34(5)6)54(80)64-39(19-13-23-62-57(59)60)48(74)65-40(56(82)83)21-22-46(72)73/h7-12,15-18,30-34,38-45,47H,13-14,19-29,58H2,1-6H3,(H,61,63)(H,64,80)(H,65,74)(H,66,77)(H,67,76)(H,68,75)(H,69,79)(H,70,78)(H,72,73)(H,82,83)(H4,59,60,62)/t38-,39-,40-,41-,42-,43-,44-,45-,47-/m0/s1. The van der Waals surface area contributed by atoms with Gasteiger partial charge in [-0.2, -0.15) is 0 Å². The van der Waals surface area contributed by atoms with Crippen molar-refractivity contribution in [2.45, 2.75) is 167 Å². The number of carboxylic acid groups (broad SMARTS) is 2. The second kappa shape index (κ2) is 33.5. The van der Waals surface area contributed by atoms with Gasteiger partial charge in [-0.15, -0.1) is 0 Å². The number of carbonyl (C=O) groups excluding carboxylic acids is 8. The average Bonchev–Trinajstić information content (AvgIpc) is 4.16. The van der Waals surface area contributed by atoms with Crippen molar-refractivity contribution in [1.82, 2.24) is 52.1 Å². The zero-order chi connectivity index (χ0) is 61.3. The number of aliphatic carboxylic acids is 2. The first kappa shape index (κ1) is 67.1. The lowest BCUT2D eigenvalue weighted by molar-refractivity contribution is -0.143. The zero-order valence-corrected chi connectivity index (χ0v) is 48.1. The molecule has 26 nitrogen and oxygen atoms in total. The van der Waals surface area contributed by atoms with E-state index in [1.165, 1.54) is 11.2 Å². The van der Waals surface area contributed by atoms with Gasteiger partial charge in [0.2, 0.25) is 47.3 Å². The molecule has 26 heteroatoms. The Morgan fingerprint density at radius 3 is 1.63 bits per heavy atom. The third kappa shape index (κ3) is 22.8. The van der Waals surface area contributed by atoms with Crippen LogP contribution in [-0.2, 0) is 67.2 Å². The maximum Gasteiger partial charge on any atom is 0.326 e. The van der Waals surface area contributed by atoms with Crippen molar-refractivity contribution in [3.63, 3.8) is 0 Å². The number of aromatic amines is 1. The Kier molecular flexibility index (Phi) is 27.1. The number of hydrogen-bond donors (Lipinski definition) is 13. The topological polar surface area (TPSA) is 418 Å². The monoisotopic (exact) mass is 1160 g/mol. The van der Waals surface area contributed by atoms with Crippen LogP contribution in [0.5, 0.6) is 0 Å². The van der Waals surface area contributed by atoms with Crippen molar-refractivity contribution in [2.75, 3.05) is 13.1 Å². The van der Waals surface area contributed by atoms with Gasteiger partial charge in [-0.05, 0) is 73.8 Å². The predicted molar refractivity (Wildman–Crippen MR) is 307 cm³/mol. The van der Waals surface area contributed by atoms with Crippen LogP contribution in [0.2, 0.25) is 0 Å². The van der Waals surface area contributed by atoms with E-state index < -0.39 is 132 Å². The number of hydrogen-bond acceptors (Lipinski definition) is 13. The molecule has 0 saturated carbocycles. The first-order valence-corrected chi connectivity index (χ1v) is 28.1. The summed E-state index contributed by atoms with van der Waals surface area (Å²) in [5.74, 6) is -9.79. The molecule has 0 unspecified atom stereocenters. The van der Waals surface area contributed by atoms with Crippen molar-refractivity contribution < 1.29 is 58.2 Å². The second-order valence-electron chi connectivity index (χ2n) is 22.0. The molecule has 3 aromatic rings.